The zero-order chi connectivity index (χ0) is 13.8. The molecule has 1 aromatic rings. The molecule has 0 aliphatic carbocycles. The third-order valence-corrected chi connectivity index (χ3v) is 3.02. The van der Waals surface area contributed by atoms with Crippen LogP contribution in [0.2, 0.25) is 0 Å². The first-order valence-electron chi connectivity index (χ1n) is 5.93. The van der Waals surface area contributed by atoms with Gasteiger partial charge in [0.25, 0.3) is 0 Å². The Bertz CT molecular complexity index is 398. The average molecular weight is 251 g/mol. The number of carboxylic acids is 1. The number of hydrogen-bond donors (Lipinski definition) is 2. The summed E-state index contributed by atoms with van der Waals surface area (Å²) in [5.41, 5.74) is 7.73. The van der Waals surface area contributed by atoms with Crippen LogP contribution in [0, 0.1) is 0 Å². The summed E-state index contributed by atoms with van der Waals surface area (Å²) >= 11 is 0. The molecule has 0 aliphatic heterocycles. The average Bonchev–Trinajstić information content (AvgIpc) is 2.28. The summed E-state index contributed by atoms with van der Waals surface area (Å²) < 4.78 is 5.19. The monoisotopic (exact) mass is 251 g/mol. The summed E-state index contributed by atoms with van der Waals surface area (Å²) in [6, 6.07) is 7.29. The van der Waals surface area contributed by atoms with Crippen LogP contribution < -0.4 is 5.73 Å². The van der Waals surface area contributed by atoms with E-state index in [1.54, 1.807) is 7.11 Å². The normalized spacial score (nSPS) is 13.3. The van der Waals surface area contributed by atoms with Crippen LogP contribution in [-0.2, 0) is 14.9 Å². The van der Waals surface area contributed by atoms with Gasteiger partial charge in [0.15, 0.2) is 0 Å². The molecule has 0 radical (unpaired) electrons. The first-order chi connectivity index (χ1) is 8.36. The molecule has 4 heteroatoms. The Kier molecular flexibility index (Phi) is 4.87. The molecule has 0 saturated heterocycles. The fraction of sp³-hybridized carbons (Fsp3) is 0.500. The lowest BCUT2D eigenvalue weighted by molar-refractivity contribution is -0.137. The van der Waals surface area contributed by atoms with Crippen LogP contribution in [0.25, 0.3) is 0 Å². The molecule has 18 heavy (non-hydrogen) atoms. The lowest BCUT2D eigenvalue weighted by Crippen LogP contribution is -2.23. The molecule has 1 rings (SSSR count). The number of ether oxygens (including phenoxy) is 1. The first-order valence-corrected chi connectivity index (χ1v) is 5.93. The molecular weight excluding hydrogens is 230 g/mol. The van der Waals surface area contributed by atoms with E-state index in [1.165, 1.54) is 0 Å². The molecule has 100 valence electrons. The number of hydrogen-bond acceptors (Lipinski definition) is 3. The lowest BCUT2D eigenvalue weighted by Gasteiger charge is -2.24. The van der Waals surface area contributed by atoms with Crippen molar-refractivity contribution in [3.05, 3.63) is 35.4 Å². The standard InChI is InChI=1S/C14H21NO3/c1-14(2,9-18-3)11-6-4-10(5-7-11)12(15)8-13(16)17/h4-7,12H,8-9,15H2,1-3H3,(H,16,17). The number of benzene rings is 1. The smallest absolute Gasteiger partial charge is 0.305 e. The summed E-state index contributed by atoms with van der Waals surface area (Å²) in [5.74, 6) is -0.883. The molecule has 0 spiro atoms. The number of nitrogens with two attached hydrogens (primary N) is 1. The van der Waals surface area contributed by atoms with E-state index >= 15 is 0 Å². The summed E-state index contributed by atoms with van der Waals surface area (Å²) in [6.07, 6.45) is -0.0548. The minimum absolute atomic E-state index is 0.0548. The van der Waals surface area contributed by atoms with Gasteiger partial charge in [-0.1, -0.05) is 38.1 Å². The van der Waals surface area contributed by atoms with Crippen molar-refractivity contribution in [2.24, 2.45) is 5.73 Å². The van der Waals surface area contributed by atoms with Crippen LogP contribution in [0.1, 0.15) is 37.4 Å². The van der Waals surface area contributed by atoms with Gasteiger partial charge in [-0.15, -0.1) is 0 Å². The van der Waals surface area contributed by atoms with Crippen molar-refractivity contribution in [1.82, 2.24) is 0 Å². The summed E-state index contributed by atoms with van der Waals surface area (Å²) in [6.45, 7) is 4.83. The zero-order valence-electron chi connectivity index (χ0n) is 11.1. The molecule has 1 atom stereocenters. The van der Waals surface area contributed by atoms with E-state index in [-0.39, 0.29) is 11.8 Å². The second-order valence-electron chi connectivity index (χ2n) is 5.14. The van der Waals surface area contributed by atoms with Crippen LogP contribution in [0.4, 0.5) is 0 Å². The van der Waals surface area contributed by atoms with Crippen molar-refractivity contribution in [1.29, 1.82) is 0 Å². The maximum atomic E-state index is 10.6. The van der Waals surface area contributed by atoms with Crippen LogP contribution in [0.3, 0.4) is 0 Å². The molecular formula is C14H21NO3. The molecule has 4 nitrogen and oxygen atoms in total. The lowest BCUT2D eigenvalue weighted by atomic mass is 9.84. The molecule has 0 amide bonds. The summed E-state index contributed by atoms with van der Waals surface area (Å²) in [4.78, 5) is 10.6. The number of methoxy groups -OCH3 is 1. The van der Waals surface area contributed by atoms with Crippen molar-refractivity contribution in [2.45, 2.75) is 31.7 Å². The minimum Gasteiger partial charge on any atom is -0.481 e. The maximum absolute atomic E-state index is 10.6. The van der Waals surface area contributed by atoms with E-state index in [1.807, 2.05) is 24.3 Å². The van der Waals surface area contributed by atoms with Gasteiger partial charge in [0.05, 0.1) is 13.0 Å². The van der Waals surface area contributed by atoms with Crippen LogP contribution in [0.5, 0.6) is 0 Å². The Morgan fingerprint density at radius 1 is 1.39 bits per heavy atom. The Balaban J connectivity index is 2.82. The Morgan fingerprint density at radius 2 is 1.94 bits per heavy atom. The SMILES string of the molecule is COCC(C)(C)c1ccc(C(N)CC(=O)O)cc1. The van der Waals surface area contributed by atoms with Crippen molar-refractivity contribution in [3.8, 4) is 0 Å². The topological polar surface area (TPSA) is 72.5 Å². The van der Waals surface area contributed by atoms with E-state index in [4.69, 9.17) is 15.6 Å². The highest BCUT2D eigenvalue weighted by molar-refractivity contribution is 5.67. The Morgan fingerprint density at radius 3 is 2.39 bits per heavy atom. The van der Waals surface area contributed by atoms with Gasteiger partial charge in [-0.3, -0.25) is 4.79 Å². The number of rotatable bonds is 6. The molecule has 0 saturated carbocycles. The predicted octanol–water partition coefficient (Wildman–Crippen LogP) is 2.09. The zero-order valence-corrected chi connectivity index (χ0v) is 11.1. The Hall–Kier alpha value is -1.39. The van der Waals surface area contributed by atoms with Crippen LogP contribution in [-0.4, -0.2) is 24.8 Å². The molecule has 1 unspecified atom stereocenters. The number of aliphatic carboxylic acids is 1. The first kappa shape index (κ1) is 14.7. The van der Waals surface area contributed by atoms with Gasteiger partial charge in [-0.25, -0.2) is 0 Å². The molecule has 1 aromatic carbocycles. The molecule has 0 fully saturated rings. The van der Waals surface area contributed by atoms with Gasteiger partial charge in [-0.2, -0.15) is 0 Å². The highest BCUT2D eigenvalue weighted by Crippen LogP contribution is 2.25. The van der Waals surface area contributed by atoms with E-state index in [9.17, 15) is 4.79 Å². The van der Waals surface area contributed by atoms with Crippen molar-refractivity contribution in [3.63, 3.8) is 0 Å². The fourth-order valence-corrected chi connectivity index (χ4v) is 1.93. The second kappa shape index (κ2) is 5.98. The predicted molar refractivity (Wildman–Crippen MR) is 70.5 cm³/mol. The van der Waals surface area contributed by atoms with Gasteiger partial charge < -0.3 is 15.6 Å². The fourth-order valence-electron chi connectivity index (χ4n) is 1.93. The quantitative estimate of drug-likeness (QED) is 0.812. The van der Waals surface area contributed by atoms with Gasteiger partial charge >= 0.3 is 5.97 Å². The van der Waals surface area contributed by atoms with E-state index in [0.717, 1.165) is 11.1 Å². The summed E-state index contributed by atoms with van der Waals surface area (Å²) in [7, 11) is 1.68. The van der Waals surface area contributed by atoms with Gasteiger partial charge in [0.1, 0.15) is 0 Å². The molecule has 0 aromatic heterocycles. The molecule has 3 N–H and O–H groups in total. The highest BCUT2D eigenvalue weighted by atomic mass is 16.5. The van der Waals surface area contributed by atoms with E-state index in [2.05, 4.69) is 13.8 Å². The molecule has 0 aliphatic rings. The van der Waals surface area contributed by atoms with E-state index < -0.39 is 12.0 Å². The number of carbonyl (C=O) groups is 1. The minimum atomic E-state index is -0.883. The highest BCUT2D eigenvalue weighted by Gasteiger charge is 2.20. The van der Waals surface area contributed by atoms with Crippen molar-refractivity contribution in [2.75, 3.05) is 13.7 Å². The third-order valence-electron chi connectivity index (χ3n) is 3.02. The van der Waals surface area contributed by atoms with Gasteiger partial charge in [0, 0.05) is 18.6 Å². The molecule has 0 heterocycles. The Labute approximate surface area is 108 Å². The van der Waals surface area contributed by atoms with E-state index in [0.29, 0.717) is 6.61 Å². The second-order valence-corrected chi connectivity index (χ2v) is 5.14. The largest absolute Gasteiger partial charge is 0.481 e. The summed E-state index contributed by atoms with van der Waals surface area (Å²) in [5, 5.41) is 8.70. The third kappa shape index (κ3) is 3.82. The van der Waals surface area contributed by atoms with Gasteiger partial charge in [0.2, 0.25) is 0 Å². The maximum Gasteiger partial charge on any atom is 0.305 e. The van der Waals surface area contributed by atoms with Crippen LogP contribution in [0.15, 0.2) is 24.3 Å². The van der Waals surface area contributed by atoms with Crippen molar-refractivity contribution >= 4 is 5.97 Å². The number of carboxylic acid groups (broad SMARTS) is 1. The van der Waals surface area contributed by atoms with Gasteiger partial charge in [-0.05, 0) is 11.1 Å². The molecule has 0 bridgehead atoms. The van der Waals surface area contributed by atoms with Crippen LogP contribution >= 0.6 is 0 Å². The van der Waals surface area contributed by atoms with Crippen molar-refractivity contribution < 1.29 is 14.6 Å².